The predicted octanol–water partition coefficient (Wildman–Crippen LogP) is 13.9. The Kier molecular flexibility index (Phi) is 14.6. The molecule has 2 aromatic heterocycles. The fraction of sp³-hybridized carbons (Fsp3) is 0.444. The highest BCUT2D eigenvalue weighted by Gasteiger charge is 2.52. The van der Waals surface area contributed by atoms with Crippen LogP contribution in [0.2, 0.25) is 10.0 Å². The van der Waals surface area contributed by atoms with E-state index in [0.29, 0.717) is 36.0 Å². The SMILES string of the molecule is CC1(C)OB(c2ccc(F)c(N)c2Cl)OC1(C)C.[C-]#[N+]c1cc2c(-c3ccc(F)c(N)c3Cl)cn(C3CCC4(CC3)OCCO4)c2cc1C.[C-]#[N+]c1cc2c(Br)cn(C3CCC4(CC3)OCCO4)c2cc1C. The maximum absolute atomic E-state index is 13.9. The van der Waals surface area contributed by atoms with E-state index in [4.69, 9.17) is 76.1 Å². The van der Waals surface area contributed by atoms with Gasteiger partial charge in [-0.2, -0.15) is 0 Å². The van der Waals surface area contributed by atoms with Crippen molar-refractivity contribution in [3.8, 4) is 11.1 Å². The number of ether oxygens (including phenoxy) is 4. The van der Waals surface area contributed by atoms with E-state index in [2.05, 4.69) is 59.3 Å². The van der Waals surface area contributed by atoms with E-state index < -0.39 is 35.7 Å². The molecule has 0 unspecified atom stereocenters. The first-order valence-electron chi connectivity index (χ1n) is 24.3. The summed E-state index contributed by atoms with van der Waals surface area (Å²) in [5, 5.41) is 2.38. The van der Waals surface area contributed by atoms with Crippen LogP contribution < -0.4 is 16.9 Å². The molecular formula is C54H58BBrCl2F2N6O6. The number of hydrogen-bond acceptors (Lipinski definition) is 8. The molecule has 5 aliphatic rings. The Morgan fingerprint density at radius 2 is 1.07 bits per heavy atom. The van der Waals surface area contributed by atoms with Crippen LogP contribution in [-0.4, -0.2) is 65.5 Å². The van der Waals surface area contributed by atoms with Crippen LogP contribution in [-0.2, 0) is 28.3 Å². The molecule has 12 nitrogen and oxygen atoms in total. The Hall–Kier alpha value is -4.72. The second kappa shape index (κ2) is 20.2. The summed E-state index contributed by atoms with van der Waals surface area (Å²) in [5.41, 5.74) is 17.9. The monoisotopic (exact) mass is 1080 g/mol. The van der Waals surface area contributed by atoms with Crippen molar-refractivity contribution in [2.24, 2.45) is 0 Å². The molecule has 2 saturated carbocycles. The molecule has 0 atom stereocenters. The molecule has 11 rings (SSSR count). The van der Waals surface area contributed by atoms with Crippen LogP contribution in [0.5, 0.6) is 0 Å². The second-order valence-corrected chi connectivity index (χ2v) is 21.9. The van der Waals surface area contributed by atoms with Crippen molar-refractivity contribution in [3.63, 3.8) is 0 Å². The van der Waals surface area contributed by atoms with Crippen molar-refractivity contribution in [2.75, 3.05) is 37.9 Å². The number of hydrogen-bond donors (Lipinski definition) is 2. The Morgan fingerprint density at radius 3 is 1.56 bits per heavy atom. The number of halogens is 5. The van der Waals surface area contributed by atoms with E-state index in [1.165, 1.54) is 23.7 Å². The fourth-order valence-electron chi connectivity index (χ4n) is 10.5. The molecule has 4 N–H and O–H groups in total. The van der Waals surface area contributed by atoms with E-state index in [0.717, 1.165) is 108 Å². The van der Waals surface area contributed by atoms with Crippen LogP contribution in [0.15, 0.2) is 65.4 Å². The van der Waals surface area contributed by atoms with Crippen molar-refractivity contribution in [2.45, 2.75) is 128 Å². The number of aryl methyl sites for hydroxylation is 2. The van der Waals surface area contributed by atoms with Crippen molar-refractivity contribution in [1.82, 2.24) is 9.13 Å². The van der Waals surface area contributed by atoms with Gasteiger partial charge in [0.2, 0.25) is 0 Å². The number of nitrogens with zero attached hydrogens (tertiary/aromatic N) is 4. The minimum atomic E-state index is -0.634. The summed E-state index contributed by atoms with van der Waals surface area (Å²) in [4.78, 5) is 7.29. The summed E-state index contributed by atoms with van der Waals surface area (Å²) >= 11 is 16.1. The van der Waals surface area contributed by atoms with Crippen LogP contribution in [0.3, 0.4) is 0 Å². The first kappa shape index (κ1) is 52.2. The molecule has 3 saturated heterocycles. The van der Waals surface area contributed by atoms with E-state index in [1.54, 1.807) is 6.07 Å². The van der Waals surface area contributed by atoms with Gasteiger partial charge in [-0.25, -0.2) is 18.5 Å². The van der Waals surface area contributed by atoms with Crippen molar-refractivity contribution in [3.05, 3.63) is 121 Å². The van der Waals surface area contributed by atoms with E-state index in [-0.39, 0.29) is 33.2 Å². The van der Waals surface area contributed by atoms with Gasteiger partial charge < -0.3 is 48.9 Å². The summed E-state index contributed by atoms with van der Waals surface area (Å²) in [6.45, 7) is 29.3. The molecule has 0 amide bonds. The van der Waals surface area contributed by atoms with Crippen LogP contribution in [0.1, 0.15) is 102 Å². The molecule has 5 fully saturated rings. The molecule has 0 radical (unpaired) electrons. The summed E-state index contributed by atoms with van der Waals surface area (Å²) in [6.07, 6.45) is 11.8. The third-order valence-corrected chi connectivity index (χ3v) is 16.9. The number of benzene rings is 4. The van der Waals surface area contributed by atoms with Crippen LogP contribution in [0, 0.1) is 38.6 Å². The van der Waals surface area contributed by atoms with Gasteiger partial charge in [-0.05, 0) is 142 Å². The number of nitrogen functional groups attached to an aromatic ring is 2. The fourth-order valence-corrected chi connectivity index (χ4v) is 11.6. The van der Waals surface area contributed by atoms with Crippen molar-refractivity contribution in [1.29, 1.82) is 0 Å². The average molecular weight is 1090 g/mol. The topological polar surface area (TPSA) is 126 Å². The lowest BCUT2D eigenvalue weighted by Gasteiger charge is -2.36. The van der Waals surface area contributed by atoms with Gasteiger partial charge in [0.25, 0.3) is 0 Å². The van der Waals surface area contributed by atoms with Crippen LogP contribution in [0.25, 0.3) is 42.6 Å². The Balaban J connectivity index is 0.000000139. The first-order valence-corrected chi connectivity index (χ1v) is 25.8. The highest BCUT2D eigenvalue weighted by Crippen LogP contribution is 2.47. The molecule has 2 spiro atoms. The van der Waals surface area contributed by atoms with Gasteiger partial charge >= 0.3 is 7.12 Å². The quantitative estimate of drug-likeness (QED) is 0.102. The lowest BCUT2D eigenvalue weighted by atomic mass is 9.79. The standard InChI is InChI=1S/C24H23ClFN3O2.C18H19BrN2O2.C12H16BClFNO2/c1-14-11-21-17(12-20(14)28-2)18(16-3-4-19(26)23(27)22(16)25)13-29(21)15-5-7-24(8-6-15)30-9-10-31-24;1-12-9-17-14(10-16(12)20-2)15(19)11-21(17)13-3-5-18(6-4-13)22-7-8-23-18;1-11(2)12(3,4)18-13(17-11)7-5-6-8(15)10(16)9(7)14/h3-4,11-13,15H,5-10,27H2,1H3;9-11,13H,3-8H2,1H3;5-6H,16H2,1-4H3. The second-order valence-electron chi connectivity index (χ2n) is 20.3. The van der Waals surface area contributed by atoms with E-state index >= 15 is 0 Å². The normalized spacial score (nSPS) is 20.8. The Labute approximate surface area is 438 Å². The largest absolute Gasteiger partial charge is 0.496 e. The molecule has 4 aromatic carbocycles. The third-order valence-electron chi connectivity index (χ3n) is 15.4. The maximum Gasteiger partial charge on any atom is 0.496 e. The zero-order valence-corrected chi connectivity index (χ0v) is 44.4. The third kappa shape index (κ3) is 9.76. The van der Waals surface area contributed by atoms with Gasteiger partial charge in [-0.3, -0.25) is 0 Å². The molecular weight excluding hydrogens is 1030 g/mol. The number of fused-ring (bicyclic) bond motifs is 2. The lowest BCUT2D eigenvalue weighted by Crippen LogP contribution is -2.41. The van der Waals surface area contributed by atoms with Gasteiger partial charge in [0.05, 0.1) is 72.2 Å². The van der Waals surface area contributed by atoms with Crippen LogP contribution in [0.4, 0.5) is 31.5 Å². The molecule has 0 bridgehead atoms. The molecule has 2 aliphatic carbocycles. The molecule has 6 aromatic rings. The van der Waals surface area contributed by atoms with Crippen LogP contribution >= 0.6 is 39.1 Å². The minimum absolute atomic E-state index is 0.0623. The minimum Gasteiger partial charge on any atom is -0.399 e. The van der Waals surface area contributed by atoms with Crippen molar-refractivity contribution >= 4 is 96.3 Å². The molecule has 5 heterocycles. The number of nitrogens with two attached hydrogens (primary N) is 2. The molecule has 378 valence electrons. The van der Waals surface area contributed by atoms with Crippen molar-refractivity contribution < 1.29 is 37.0 Å². The van der Waals surface area contributed by atoms with Gasteiger partial charge in [0.1, 0.15) is 11.6 Å². The maximum atomic E-state index is 13.9. The predicted molar refractivity (Wildman–Crippen MR) is 284 cm³/mol. The number of rotatable bonds is 4. The highest BCUT2D eigenvalue weighted by atomic mass is 79.9. The molecule has 72 heavy (non-hydrogen) atoms. The summed E-state index contributed by atoms with van der Waals surface area (Å²) in [6, 6.07) is 14.6. The van der Waals surface area contributed by atoms with E-state index in [1.807, 2.05) is 53.7 Å². The first-order chi connectivity index (χ1) is 34.2. The molecule has 3 aliphatic heterocycles. The van der Waals surface area contributed by atoms with Gasteiger partial charge in [-0.15, -0.1) is 0 Å². The van der Waals surface area contributed by atoms with Gasteiger partial charge in [-0.1, -0.05) is 29.3 Å². The number of aromatic nitrogens is 2. The highest BCUT2D eigenvalue weighted by molar-refractivity contribution is 9.10. The van der Waals surface area contributed by atoms with Gasteiger partial charge in [0.15, 0.2) is 22.9 Å². The number of anilines is 2. The zero-order chi connectivity index (χ0) is 51.5. The summed E-state index contributed by atoms with van der Waals surface area (Å²) in [5.74, 6) is -1.82. The summed E-state index contributed by atoms with van der Waals surface area (Å²) < 4.78 is 68.0. The smallest absolute Gasteiger partial charge is 0.399 e. The summed E-state index contributed by atoms with van der Waals surface area (Å²) in [7, 11) is -0.634. The molecule has 18 heteroatoms. The lowest BCUT2D eigenvalue weighted by molar-refractivity contribution is -0.181. The Morgan fingerprint density at radius 1 is 0.639 bits per heavy atom. The average Bonchev–Trinajstić information content (AvgIpc) is 4.19. The van der Waals surface area contributed by atoms with E-state index in [9.17, 15) is 8.78 Å². The Bertz CT molecular complexity index is 3120. The zero-order valence-electron chi connectivity index (χ0n) is 41.3. The van der Waals surface area contributed by atoms with Gasteiger partial charge in [0, 0.05) is 87.6 Å².